The zero-order chi connectivity index (χ0) is 12.1. The first-order chi connectivity index (χ1) is 7.74. The number of hydrogen-bond donors (Lipinski definition) is 5. The van der Waals surface area contributed by atoms with Crippen LogP contribution in [0.3, 0.4) is 0 Å². The molecule has 2 aromatic carbocycles. The zero-order valence-corrected chi connectivity index (χ0v) is 8.59. The van der Waals surface area contributed by atoms with E-state index in [9.17, 15) is 10.2 Å². The van der Waals surface area contributed by atoms with Gasteiger partial charge in [-0.3, -0.25) is 11.7 Å². The van der Waals surface area contributed by atoms with Crippen molar-refractivity contribution in [2.45, 2.75) is 6.61 Å². The first-order valence-corrected chi connectivity index (χ1v) is 4.61. The molecule has 0 bridgehead atoms. The number of fused-ring (bicyclic) bond motifs is 1. The summed E-state index contributed by atoms with van der Waals surface area (Å²) in [5.41, 5.74) is 0.334. The molecule has 0 spiro atoms. The summed E-state index contributed by atoms with van der Waals surface area (Å²) in [7, 11) is 0. The molecule has 0 heterocycles. The highest BCUT2D eigenvalue weighted by molar-refractivity contribution is 5.91. The Kier molecular flexibility index (Phi) is 4.07. The van der Waals surface area contributed by atoms with Gasteiger partial charge in [-0.1, -0.05) is 24.3 Å². The fraction of sp³-hybridized carbons (Fsp3) is 0.0909. The van der Waals surface area contributed by atoms with Crippen LogP contribution in [-0.4, -0.2) is 15.3 Å². The normalized spacial score (nSPS) is 9.69. The summed E-state index contributed by atoms with van der Waals surface area (Å²) in [6.07, 6.45) is 0. The Balaban J connectivity index is 0.000000606. The molecule has 0 atom stereocenters. The van der Waals surface area contributed by atoms with Crippen LogP contribution in [0.15, 0.2) is 30.3 Å². The Morgan fingerprint density at radius 2 is 1.62 bits per heavy atom. The minimum atomic E-state index is -0.287. The summed E-state index contributed by atoms with van der Waals surface area (Å²) in [6.45, 7) is -0.287. The smallest absolute Gasteiger partial charge is 0.165 e. The van der Waals surface area contributed by atoms with Crippen molar-refractivity contribution in [3.05, 3.63) is 35.9 Å². The Labute approximate surface area is 92.5 Å². The van der Waals surface area contributed by atoms with Crippen molar-refractivity contribution in [2.24, 2.45) is 11.7 Å². The van der Waals surface area contributed by atoms with Crippen LogP contribution in [0.1, 0.15) is 5.56 Å². The Morgan fingerprint density at radius 1 is 1.00 bits per heavy atom. The molecule has 2 aromatic rings. The predicted octanol–water partition coefficient (Wildman–Crippen LogP) is 0.562. The lowest BCUT2D eigenvalue weighted by Crippen LogP contribution is -2.02. The molecule has 5 nitrogen and oxygen atoms in total. The summed E-state index contributed by atoms with van der Waals surface area (Å²) in [6, 6.07) is 8.80. The summed E-state index contributed by atoms with van der Waals surface area (Å²) in [4.78, 5) is 0. The van der Waals surface area contributed by atoms with Crippen molar-refractivity contribution in [3.8, 4) is 11.5 Å². The predicted molar refractivity (Wildman–Crippen MR) is 61.6 cm³/mol. The van der Waals surface area contributed by atoms with Crippen molar-refractivity contribution >= 4 is 10.8 Å². The fourth-order valence-electron chi connectivity index (χ4n) is 1.49. The molecule has 0 amide bonds. The first kappa shape index (κ1) is 12.3. The van der Waals surface area contributed by atoms with Gasteiger partial charge in [-0.2, -0.15) is 0 Å². The van der Waals surface area contributed by atoms with Crippen LogP contribution in [-0.2, 0) is 6.61 Å². The molecule has 0 saturated carbocycles. The SMILES string of the molecule is NN.OCc1cc2ccccc2c(O)c1O. The summed E-state index contributed by atoms with van der Waals surface area (Å²) < 4.78 is 0. The van der Waals surface area contributed by atoms with Gasteiger partial charge < -0.3 is 15.3 Å². The van der Waals surface area contributed by atoms with E-state index in [0.29, 0.717) is 10.9 Å². The highest BCUT2D eigenvalue weighted by atomic mass is 16.3. The van der Waals surface area contributed by atoms with E-state index in [0.717, 1.165) is 5.39 Å². The number of aliphatic hydroxyl groups excluding tert-OH is 1. The third kappa shape index (κ3) is 2.06. The van der Waals surface area contributed by atoms with Gasteiger partial charge in [0, 0.05) is 10.9 Å². The molecule has 0 aliphatic carbocycles. The Bertz CT molecular complexity index is 486. The van der Waals surface area contributed by atoms with Crippen molar-refractivity contribution in [3.63, 3.8) is 0 Å². The van der Waals surface area contributed by atoms with E-state index in [2.05, 4.69) is 11.7 Å². The lowest BCUT2D eigenvalue weighted by atomic mass is 10.1. The molecule has 86 valence electrons. The lowest BCUT2D eigenvalue weighted by Gasteiger charge is -2.07. The van der Waals surface area contributed by atoms with Gasteiger partial charge in [0.25, 0.3) is 0 Å². The van der Waals surface area contributed by atoms with Crippen molar-refractivity contribution in [1.82, 2.24) is 0 Å². The third-order valence-electron chi connectivity index (χ3n) is 2.24. The molecule has 0 saturated heterocycles. The molecule has 0 aliphatic rings. The molecule has 0 aliphatic heterocycles. The lowest BCUT2D eigenvalue weighted by molar-refractivity contribution is 0.273. The summed E-state index contributed by atoms with van der Waals surface area (Å²) >= 11 is 0. The van der Waals surface area contributed by atoms with E-state index in [4.69, 9.17) is 5.11 Å². The van der Waals surface area contributed by atoms with Crippen LogP contribution in [0.2, 0.25) is 0 Å². The molecule has 2 rings (SSSR count). The van der Waals surface area contributed by atoms with Crippen molar-refractivity contribution < 1.29 is 15.3 Å². The number of benzene rings is 2. The second kappa shape index (κ2) is 5.32. The second-order valence-corrected chi connectivity index (χ2v) is 3.11. The van der Waals surface area contributed by atoms with E-state index in [1.165, 1.54) is 0 Å². The van der Waals surface area contributed by atoms with Crippen molar-refractivity contribution in [2.75, 3.05) is 0 Å². The minimum Gasteiger partial charge on any atom is -0.504 e. The maximum Gasteiger partial charge on any atom is 0.165 e. The third-order valence-corrected chi connectivity index (χ3v) is 2.24. The van der Waals surface area contributed by atoms with Gasteiger partial charge in [0.1, 0.15) is 0 Å². The second-order valence-electron chi connectivity index (χ2n) is 3.11. The number of aliphatic hydroxyl groups is 1. The molecule has 7 N–H and O–H groups in total. The highest BCUT2D eigenvalue weighted by Gasteiger charge is 2.09. The topological polar surface area (TPSA) is 113 Å². The number of aromatic hydroxyl groups is 2. The number of phenolic OH excluding ortho intramolecular Hbond substituents is 1. The average molecular weight is 222 g/mol. The molecule has 0 unspecified atom stereocenters. The minimum absolute atomic E-state index is 0.174. The fourth-order valence-corrected chi connectivity index (χ4v) is 1.49. The molecule has 0 aromatic heterocycles. The molecular weight excluding hydrogens is 208 g/mol. The molecule has 16 heavy (non-hydrogen) atoms. The monoisotopic (exact) mass is 222 g/mol. The maximum atomic E-state index is 9.61. The van der Waals surface area contributed by atoms with Crippen LogP contribution in [0.4, 0.5) is 0 Å². The van der Waals surface area contributed by atoms with Crippen LogP contribution in [0.5, 0.6) is 11.5 Å². The van der Waals surface area contributed by atoms with Gasteiger partial charge in [-0.25, -0.2) is 0 Å². The first-order valence-electron chi connectivity index (χ1n) is 4.61. The largest absolute Gasteiger partial charge is 0.504 e. The van der Waals surface area contributed by atoms with Crippen LogP contribution < -0.4 is 11.7 Å². The molecular formula is C11H14N2O3. The van der Waals surface area contributed by atoms with Gasteiger partial charge in [0.05, 0.1) is 6.61 Å². The maximum absolute atomic E-state index is 9.61. The Hall–Kier alpha value is -1.82. The van der Waals surface area contributed by atoms with E-state index < -0.39 is 0 Å². The number of phenols is 2. The van der Waals surface area contributed by atoms with E-state index >= 15 is 0 Å². The van der Waals surface area contributed by atoms with E-state index in [1.807, 2.05) is 12.1 Å². The zero-order valence-electron chi connectivity index (χ0n) is 8.59. The van der Waals surface area contributed by atoms with Crippen LogP contribution >= 0.6 is 0 Å². The number of rotatable bonds is 1. The molecule has 0 fully saturated rings. The van der Waals surface area contributed by atoms with Gasteiger partial charge in [-0.15, -0.1) is 0 Å². The number of hydrazine groups is 1. The summed E-state index contributed by atoms with van der Waals surface area (Å²) in [5, 5.41) is 29.4. The Morgan fingerprint density at radius 3 is 2.25 bits per heavy atom. The number of hydrogen-bond acceptors (Lipinski definition) is 5. The average Bonchev–Trinajstić information content (AvgIpc) is 2.36. The standard InChI is InChI=1S/C11H10O3.H4N2/c12-6-8-5-7-3-1-2-4-9(7)11(14)10(8)13;1-2/h1-5,12-14H,6H2;1-2H2. The van der Waals surface area contributed by atoms with Gasteiger partial charge in [-0.05, 0) is 11.5 Å². The number of nitrogens with two attached hydrogens (primary N) is 2. The molecule has 0 radical (unpaired) electrons. The van der Waals surface area contributed by atoms with E-state index in [1.54, 1.807) is 18.2 Å². The van der Waals surface area contributed by atoms with Crippen molar-refractivity contribution in [1.29, 1.82) is 0 Å². The van der Waals surface area contributed by atoms with E-state index in [-0.39, 0.29) is 18.1 Å². The van der Waals surface area contributed by atoms with Gasteiger partial charge in [0.2, 0.25) is 0 Å². The quantitative estimate of drug-likeness (QED) is 0.275. The van der Waals surface area contributed by atoms with Gasteiger partial charge >= 0.3 is 0 Å². The molecule has 5 heteroatoms. The van der Waals surface area contributed by atoms with Crippen LogP contribution in [0, 0.1) is 0 Å². The van der Waals surface area contributed by atoms with Crippen LogP contribution in [0.25, 0.3) is 10.8 Å². The summed E-state index contributed by atoms with van der Waals surface area (Å²) in [5.74, 6) is 7.58. The highest BCUT2D eigenvalue weighted by Crippen LogP contribution is 2.36. The van der Waals surface area contributed by atoms with Gasteiger partial charge in [0.15, 0.2) is 11.5 Å².